The predicted octanol–water partition coefficient (Wildman–Crippen LogP) is 3.99. The Balaban J connectivity index is 1.39. The van der Waals surface area contributed by atoms with Gasteiger partial charge in [-0.3, -0.25) is 9.59 Å². The van der Waals surface area contributed by atoms with Gasteiger partial charge in [-0.1, -0.05) is 25.1 Å². The topological polar surface area (TPSA) is 53.8 Å². The van der Waals surface area contributed by atoms with E-state index in [9.17, 15) is 9.59 Å². The number of fused-ring (bicyclic) bond motifs is 2. The third-order valence-electron chi connectivity index (χ3n) is 6.33. The van der Waals surface area contributed by atoms with Crippen molar-refractivity contribution in [2.24, 2.45) is 11.8 Å². The highest BCUT2D eigenvalue weighted by atomic mass is 16.3. The lowest BCUT2D eigenvalue weighted by Gasteiger charge is -2.22. The van der Waals surface area contributed by atoms with Crippen LogP contribution in [0.5, 0.6) is 0 Å². The molecule has 1 aromatic rings. The van der Waals surface area contributed by atoms with Crippen LogP contribution in [0.2, 0.25) is 0 Å². The minimum Gasteiger partial charge on any atom is -0.464 e. The maximum Gasteiger partial charge on any atom is 0.254 e. The minimum absolute atomic E-state index is 0.0746. The highest BCUT2D eigenvalue weighted by Gasteiger charge is 2.43. The summed E-state index contributed by atoms with van der Waals surface area (Å²) in [6.07, 6.45) is 2.22. The Labute approximate surface area is 170 Å². The Bertz CT molecular complexity index is 996. The van der Waals surface area contributed by atoms with E-state index in [1.807, 2.05) is 59.2 Å². The summed E-state index contributed by atoms with van der Waals surface area (Å²) in [5, 5.41) is 0. The molecule has 29 heavy (non-hydrogen) atoms. The summed E-state index contributed by atoms with van der Waals surface area (Å²) in [6, 6.07) is 15.7. The van der Waals surface area contributed by atoms with Crippen molar-refractivity contribution in [2.45, 2.75) is 13.3 Å². The zero-order chi connectivity index (χ0) is 20.0. The van der Waals surface area contributed by atoms with Crippen LogP contribution in [0.3, 0.4) is 0 Å². The molecule has 5 nitrogen and oxygen atoms in total. The molecule has 5 rings (SSSR count). The zero-order valence-corrected chi connectivity index (χ0v) is 16.5. The molecule has 0 radical (unpaired) electrons. The van der Waals surface area contributed by atoms with E-state index >= 15 is 0 Å². The molecule has 2 fully saturated rings. The van der Waals surface area contributed by atoms with E-state index in [1.54, 1.807) is 6.26 Å². The van der Waals surface area contributed by atoms with Crippen molar-refractivity contribution in [3.63, 3.8) is 0 Å². The molecule has 0 bridgehead atoms. The molecular weight excluding hydrogens is 364 g/mol. The molecule has 3 aliphatic heterocycles. The third-order valence-corrected chi connectivity index (χ3v) is 6.33. The normalized spacial score (nSPS) is 21.0. The van der Waals surface area contributed by atoms with Crippen LogP contribution < -0.4 is 0 Å². The Morgan fingerprint density at radius 1 is 0.931 bits per heavy atom. The lowest BCUT2D eigenvalue weighted by molar-refractivity contribution is -0.130. The second kappa shape index (κ2) is 7.07. The van der Waals surface area contributed by atoms with Crippen molar-refractivity contribution in [3.05, 3.63) is 60.4 Å². The molecule has 2 unspecified atom stereocenters. The fourth-order valence-corrected chi connectivity index (χ4v) is 4.83. The number of nitrogens with zero attached hydrogens (tertiary/aromatic N) is 2. The van der Waals surface area contributed by atoms with Gasteiger partial charge in [0, 0.05) is 55.6 Å². The molecule has 0 spiro atoms. The number of hydrogen-bond donors (Lipinski definition) is 0. The van der Waals surface area contributed by atoms with Gasteiger partial charge in [0.05, 0.1) is 6.26 Å². The molecule has 148 valence electrons. The smallest absolute Gasteiger partial charge is 0.254 e. The highest BCUT2D eigenvalue weighted by Crippen LogP contribution is 2.36. The van der Waals surface area contributed by atoms with E-state index in [4.69, 9.17) is 4.42 Å². The average molecular weight is 388 g/mol. The summed E-state index contributed by atoms with van der Waals surface area (Å²) < 4.78 is 5.58. The Morgan fingerprint density at radius 3 is 2.38 bits per heavy atom. The van der Waals surface area contributed by atoms with Crippen molar-refractivity contribution in [1.29, 1.82) is 0 Å². The molecule has 0 saturated carbocycles. The monoisotopic (exact) mass is 388 g/mol. The van der Waals surface area contributed by atoms with Crippen LogP contribution in [0, 0.1) is 11.8 Å². The minimum atomic E-state index is 0.0746. The van der Waals surface area contributed by atoms with Crippen LogP contribution in [-0.4, -0.2) is 47.8 Å². The predicted molar refractivity (Wildman–Crippen MR) is 111 cm³/mol. The molecule has 4 aliphatic rings. The zero-order valence-electron chi connectivity index (χ0n) is 16.5. The van der Waals surface area contributed by atoms with Crippen LogP contribution >= 0.6 is 0 Å². The van der Waals surface area contributed by atoms with Crippen LogP contribution in [0.1, 0.15) is 23.7 Å². The van der Waals surface area contributed by atoms with E-state index in [0.717, 1.165) is 54.2 Å². The molecule has 2 atom stereocenters. The molecular formula is C24H24N2O3. The number of carbonyl (C=O) groups is 2. The van der Waals surface area contributed by atoms with E-state index in [1.165, 1.54) is 0 Å². The van der Waals surface area contributed by atoms with Crippen molar-refractivity contribution in [1.82, 2.24) is 9.80 Å². The van der Waals surface area contributed by atoms with Crippen LogP contribution in [0.15, 0.2) is 59.2 Å². The summed E-state index contributed by atoms with van der Waals surface area (Å²) in [6.45, 7) is 4.91. The van der Waals surface area contributed by atoms with Gasteiger partial charge in [0.25, 0.3) is 5.91 Å². The van der Waals surface area contributed by atoms with Gasteiger partial charge in [-0.2, -0.15) is 0 Å². The van der Waals surface area contributed by atoms with Gasteiger partial charge in [0.2, 0.25) is 5.91 Å². The van der Waals surface area contributed by atoms with Gasteiger partial charge >= 0.3 is 0 Å². The first kappa shape index (κ1) is 18.0. The number of amides is 2. The molecule has 3 heterocycles. The largest absolute Gasteiger partial charge is 0.464 e. The van der Waals surface area contributed by atoms with Gasteiger partial charge in [-0.05, 0) is 41.5 Å². The summed E-state index contributed by atoms with van der Waals surface area (Å²) >= 11 is 0. The van der Waals surface area contributed by atoms with Crippen LogP contribution in [0.25, 0.3) is 22.5 Å². The molecule has 1 aromatic carbocycles. The van der Waals surface area contributed by atoms with E-state index in [2.05, 4.69) is 6.07 Å². The first-order valence-electron chi connectivity index (χ1n) is 10.3. The fraction of sp³-hybridized carbons (Fsp3) is 0.333. The molecule has 2 saturated heterocycles. The summed E-state index contributed by atoms with van der Waals surface area (Å²) in [7, 11) is 0. The van der Waals surface area contributed by atoms with Gasteiger partial charge < -0.3 is 14.2 Å². The second-order valence-corrected chi connectivity index (χ2v) is 8.10. The quantitative estimate of drug-likeness (QED) is 0.682. The van der Waals surface area contributed by atoms with E-state index < -0.39 is 0 Å². The SMILES string of the molecule is CCC(=O)N1CC2CN(C(=O)c3ccccc3-c3cc4cccoc-4c3)CC2C1. The van der Waals surface area contributed by atoms with E-state index in [0.29, 0.717) is 18.3 Å². The Kier molecular flexibility index (Phi) is 4.38. The molecule has 1 aliphatic carbocycles. The Morgan fingerprint density at radius 2 is 1.66 bits per heavy atom. The number of benzene rings is 1. The van der Waals surface area contributed by atoms with E-state index in [-0.39, 0.29) is 11.8 Å². The first-order chi connectivity index (χ1) is 14.1. The molecule has 0 aromatic heterocycles. The van der Waals surface area contributed by atoms with Gasteiger partial charge in [-0.25, -0.2) is 0 Å². The summed E-state index contributed by atoms with van der Waals surface area (Å²) in [4.78, 5) is 29.3. The van der Waals surface area contributed by atoms with Crippen LogP contribution in [-0.2, 0) is 4.79 Å². The van der Waals surface area contributed by atoms with Crippen molar-refractivity contribution in [3.8, 4) is 22.5 Å². The Hall–Kier alpha value is -3.08. The standard InChI is InChI=1S/C24H24N2O3/c1-2-23(27)25-12-18-14-26(15-19(18)13-25)24(28)21-8-4-3-7-20(21)17-10-16-6-5-9-29-22(16)11-17/h3-11,18-19H,2,12-15H2,1H3. The summed E-state index contributed by atoms with van der Waals surface area (Å²) in [5.74, 6) is 1.90. The first-order valence-corrected chi connectivity index (χ1v) is 10.3. The van der Waals surface area contributed by atoms with Gasteiger partial charge in [-0.15, -0.1) is 0 Å². The van der Waals surface area contributed by atoms with Gasteiger partial charge in [0.15, 0.2) is 0 Å². The number of carbonyl (C=O) groups excluding carboxylic acids is 2. The molecule has 5 heteroatoms. The van der Waals surface area contributed by atoms with Crippen molar-refractivity contribution < 1.29 is 14.0 Å². The van der Waals surface area contributed by atoms with Crippen molar-refractivity contribution in [2.75, 3.05) is 26.2 Å². The fourth-order valence-electron chi connectivity index (χ4n) is 4.83. The maximum atomic E-state index is 13.4. The highest BCUT2D eigenvalue weighted by molar-refractivity contribution is 6.01. The lowest BCUT2D eigenvalue weighted by Crippen LogP contribution is -2.35. The average Bonchev–Trinajstić information content (AvgIpc) is 3.45. The lowest BCUT2D eigenvalue weighted by atomic mass is 10.0. The second-order valence-electron chi connectivity index (χ2n) is 8.10. The summed E-state index contributed by atoms with van der Waals surface area (Å²) in [5.41, 5.74) is 3.69. The number of hydrogen-bond acceptors (Lipinski definition) is 3. The van der Waals surface area contributed by atoms with Crippen molar-refractivity contribution >= 4 is 11.8 Å². The molecule has 2 amide bonds. The third kappa shape index (κ3) is 3.11. The number of likely N-dealkylation sites (tertiary alicyclic amines) is 2. The number of rotatable bonds is 3. The van der Waals surface area contributed by atoms with Gasteiger partial charge in [0.1, 0.15) is 5.76 Å². The molecule has 0 N–H and O–H groups in total. The maximum absolute atomic E-state index is 13.4. The van der Waals surface area contributed by atoms with Crippen LogP contribution in [0.4, 0.5) is 0 Å².